The van der Waals surface area contributed by atoms with Crippen LogP contribution in [0, 0.1) is 0 Å². The Bertz CT molecular complexity index is 1110. The number of hydrogen-bond donors (Lipinski definition) is 9. The molecule has 206 valence electrons. The Morgan fingerprint density at radius 3 is 2.00 bits per heavy atom. The minimum Gasteiger partial charge on any atom is -0.508 e. The van der Waals surface area contributed by atoms with E-state index in [9.17, 15) is 34.2 Å². The number of carbonyl (C=O) groups excluding carboxylic acids is 3. The maximum Gasteiger partial charge on any atom is 0.326 e. The Kier molecular flexibility index (Phi) is 11.2. The van der Waals surface area contributed by atoms with Gasteiger partial charge in [-0.05, 0) is 24.1 Å². The molecule has 3 amide bonds. The van der Waals surface area contributed by atoms with Crippen LogP contribution in [0.15, 0.2) is 36.8 Å². The second-order valence-electron chi connectivity index (χ2n) is 8.39. The molecule has 38 heavy (non-hydrogen) atoms. The summed E-state index contributed by atoms with van der Waals surface area (Å²) in [5.41, 5.74) is 6.50. The third-order valence-electron chi connectivity index (χ3n) is 5.42. The van der Waals surface area contributed by atoms with Gasteiger partial charge in [-0.15, -0.1) is 0 Å². The van der Waals surface area contributed by atoms with Crippen molar-refractivity contribution in [1.82, 2.24) is 25.9 Å². The molecule has 0 spiro atoms. The number of imidazole rings is 1. The Morgan fingerprint density at radius 1 is 0.895 bits per heavy atom. The first kappa shape index (κ1) is 29.7. The maximum absolute atomic E-state index is 13.2. The molecule has 0 fully saturated rings. The molecule has 0 saturated heterocycles. The van der Waals surface area contributed by atoms with E-state index in [2.05, 4.69) is 25.9 Å². The molecule has 15 nitrogen and oxygen atoms in total. The third-order valence-corrected chi connectivity index (χ3v) is 5.42. The van der Waals surface area contributed by atoms with Crippen molar-refractivity contribution < 1.29 is 44.4 Å². The van der Waals surface area contributed by atoms with Crippen LogP contribution < -0.4 is 21.7 Å². The molecule has 0 aliphatic rings. The molecule has 1 aromatic heterocycles. The maximum atomic E-state index is 13.2. The van der Waals surface area contributed by atoms with Gasteiger partial charge in [-0.2, -0.15) is 0 Å². The van der Waals surface area contributed by atoms with Gasteiger partial charge in [-0.3, -0.25) is 19.2 Å². The van der Waals surface area contributed by atoms with Crippen LogP contribution in [0.3, 0.4) is 0 Å². The zero-order valence-corrected chi connectivity index (χ0v) is 20.2. The number of amides is 3. The van der Waals surface area contributed by atoms with Crippen molar-refractivity contribution in [2.45, 2.75) is 49.9 Å². The van der Waals surface area contributed by atoms with Gasteiger partial charge >= 0.3 is 11.9 Å². The molecule has 0 saturated carbocycles. The Hall–Kier alpha value is -4.50. The molecule has 10 N–H and O–H groups in total. The number of aliphatic carboxylic acids is 2. The van der Waals surface area contributed by atoms with Gasteiger partial charge in [0.05, 0.1) is 12.9 Å². The van der Waals surface area contributed by atoms with E-state index >= 15 is 0 Å². The van der Waals surface area contributed by atoms with E-state index < -0.39 is 73.3 Å². The number of phenolic OH excluding ortho intramolecular Hbond substituents is 1. The summed E-state index contributed by atoms with van der Waals surface area (Å²) in [5.74, 6) is -5.32. The number of rotatable bonds is 15. The number of phenols is 1. The molecule has 2 rings (SSSR count). The molecule has 0 aliphatic heterocycles. The average Bonchev–Trinajstić information content (AvgIpc) is 3.39. The number of carboxylic acids is 2. The quantitative estimate of drug-likeness (QED) is 0.117. The highest BCUT2D eigenvalue weighted by molar-refractivity contribution is 5.94. The van der Waals surface area contributed by atoms with Crippen molar-refractivity contribution in [3.63, 3.8) is 0 Å². The number of carbonyl (C=O) groups is 5. The number of aromatic hydroxyl groups is 1. The SMILES string of the molecule is NC(CO)C(=O)NC(Cc1cnc[nH]1)C(=O)NC(Cc1ccc(O)cc1)C(=O)NC(CCC(=O)O)C(=O)O. The Morgan fingerprint density at radius 2 is 1.47 bits per heavy atom. The summed E-state index contributed by atoms with van der Waals surface area (Å²) < 4.78 is 0. The summed E-state index contributed by atoms with van der Waals surface area (Å²) in [5, 5.41) is 44.1. The van der Waals surface area contributed by atoms with E-state index in [4.69, 9.17) is 15.9 Å². The largest absolute Gasteiger partial charge is 0.508 e. The van der Waals surface area contributed by atoms with Gasteiger partial charge in [0.2, 0.25) is 17.7 Å². The van der Waals surface area contributed by atoms with Gasteiger partial charge < -0.3 is 47.1 Å². The second-order valence-corrected chi connectivity index (χ2v) is 8.39. The summed E-state index contributed by atoms with van der Waals surface area (Å²) in [7, 11) is 0. The van der Waals surface area contributed by atoms with Gasteiger partial charge in [-0.1, -0.05) is 12.1 Å². The lowest BCUT2D eigenvalue weighted by Crippen LogP contribution is -2.58. The number of benzene rings is 1. The lowest BCUT2D eigenvalue weighted by Gasteiger charge is -2.25. The van der Waals surface area contributed by atoms with E-state index in [0.29, 0.717) is 11.3 Å². The van der Waals surface area contributed by atoms with Crippen LogP contribution in [0.1, 0.15) is 24.1 Å². The van der Waals surface area contributed by atoms with Crippen LogP contribution in [0.4, 0.5) is 0 Å². The molecule has 0 aliphatic carbocycles. The van der Waals surface area contributed by atoms with Crippen LogP contribution in [-0.4, -0.2) is 90.8 Å². The lowest BCUT2D eigenvalue weighted by atomic mass is 10.0. The van der Waals surface area contributed by atoms with Gasteiger partial charge in [0.1, 0.15) is 29.9 Å². The van der Waals surface area contributed by atoms with E-state index in [1.54, 1.807) is 0 Å². The van der Waals surface area contributed by atoms with Gasteiger partial charge in [0.25, 0.3) is 0 Å². The normalized spacial score (nSPS) is 13.9. The molecular weight excluding hydrogens is 504 g/mol. The predicted octanol–water partition coefficient (Wildman–Crippen LogP) is -2.38. The summed E-state index contributed by atoms with van der Waals surface area (Å²) in [4.78, 5) is 67.7. The number of carboxylic acid groups (broad SMARTS) is 2. The zero-order valence-electron chi connectivity index (χ0n) is 20.2. The first-order chi connectivity index (χ1) is 18.0. The highest BCUT2D eigenvalue weighted by atomic mass is 16.4. The number of H-pyrrole nitrogens is 1. The van der Waals surface area contributed by atoms with E-state index in [1.807, 2.05) is 0 Å². The van der Waals surface area contributed by atoms with Gasteiger partial charge in [0.15, 0.2) is 0 Å². The molecule has 2 aromatic rings. The van der Waals surface area contributed by atoms with Crippen LogP contribution in [-0.2, 0) is 36.8 Å². The van der Waals surface area contributed by atoms with Crippen LogP contribution in [0.2, 0.25) is 0 Å². The van der Waals surface area contributed by atoms with E-state index in [1.165, 1.54) is 36.8 Å². The highest BCUT2D eigenvalue weighted by Gasteiger charge is 2.31. The van der Waals surface area contributed by atoms with Crippen LogP contribution in [0.5, 0.6) is 5.75 Å². The van der Waals surface area contributed by atoms with Crippen molar-refractivity contribution in [2.75, 3.05) is 6.61 Å². The molecule has 15 heteroatoms. The minimum atomic E-state index is -1.54. The third kappa shape index (κ3) is 9.51. The summed E-state index contributed by atoms with van der Waals surface area (Å²) in [6.45, 7) is -0.678. The number of hydrogen-bond acceptors (Lipinski definition) is 9. The van der Waals surface area contributed by atoms with Gasteiger partial charge in [-0.25, -0.2) is 9.78 Å². The van der Waals surface area contributed by atoms with Gasteiger partial charge in [0, 0.05) is 31.2 Å². The fourth-order valence-corrected chi connectivity index (χ4v) is 3.33. The lowest BCUT2D eigenvalue weighted by molar-refractivity contribution is -0.143. The summed E-state index contributed by atoms with van der Waals surface area (Å²) in [6, 6.07) is 0.224. The van der Waals surface area contributed by atoms with Crippen molar-refractivity contribution in [2.24, 2.45) is 5.73 Å². The first-order valence-corrected chi connectivity index (χ1v) is 11.5. The van der Waals surface area contributed by atoms with Crippen molar-refractivity contribution in [3.8, 4) is 5.75 Å². The van der Waals surface area contributed by atoms with Crippen LogP contribution >= 0.6 is 0 Å². The predicted molar refractivity (Wildman–Crippen MR) is 129 cm³/mol. The molecule has 0 bridgehead atoms. The monoisotopic (exact) mass is 534 g/mol. The molecule has 4 unspecified atom stereocenters. The Labute approximate surface area is 216 Å². The molecular formula is C23H30N6O9. The first-order valence-electron chi connectivity index (χ1n) is 11.5. The topological polar surface area (TPSA) is 257 Å². The Balaban J connectivity index is 2.28. The zero-order chi connectivity index (χ0) is 28.2. The number of aliphatic hydroxyl groups is 1. The average molecular weight is 535 g/mol. The van der Waals surface area contributed by atoms with E-state index in [-0.39, 0.29) is 18.6 Å². The summed E-state index contributed by atoms with van der Waals surface area (Å²) in [6.07, 6.45) is 1.64. The molecule has 1 heterocycles. The molecule has 1 aromatic carbocycles. The fourth-order valence-electron chi connectivity index (χ4n) is 3.33. The number of aromatic amines is 1. The molecule has 0 radical (unpaired) electrons. The fraction of sp³-hybridized carbons (Fsp3) is 0.391. The molecule has 4 atom stereocenters. The number of aromatic nitrogens is 2. The van der Waals surface area contributed by atoms with E-state index in [0.717, 1.165) is 0 Å². The smallest absolute Gasteiger partial charge is 0.326 e. The van der Waals surface area contributed by atoms with Crippen LogP contribution in [0.25, 0.3) is 0 Å². The minimum absolute atomic E-state index is 0.0408. The number of nitrogens with two attached hydrogens (primary N) is 1. The summed E-state index contributed by atoms with van der Waals surface area (Å²) >= 11 is 0. The second kappa shape index (κ2) is 14.3. The standard InChI is InChI=1S/C23H30N6O9/c24-15(10-30)20(34)28-18(8-13-9-25-11-26-13)22(36)29-17(7-12-1-3-14(31)4-2-12)21(35)27-16(23(37)38)5-6-19(32)33/h1-4,9,11,15-18,30-31H,5-8,10,24H2,(H,25,26)(H,27,35)(H,28,34)(H,29,36)(H,32,33)(H,37,38). The number of nitrogens with zero attached hydrogens (tertiary/aromatic N) is 1. The van der Waals surface area contributed by atoms with Crippen molar-refractivity contribution in [1.29, 1.82) is 0 Å². The highest BCUT2D eigenvalue weighted by Crippen LogP contribution is 2.12. The number of aliphatic hydroxyl groups excluding tert-OH is 1. The van der Waals surface area contributed by atoms with Crippen molar-refractivity contribution in [3.05, 3.63) is 48.0 Å². The van der Waals surface area contributed by atoms with Crippen molar-refractivity contribution >= 4 is 29.7 Å². The number of nitrogens with one attached hydrogen (secondary N) is 4.